The average Bonchev–Trinajstić information content (AvgIpc) is 3.33. The van der Waals surface area contributed by atoms with E-state index in [1.54, 1.807) is 30.5 Å². The topological polar surface area (TPSA) is 91.6 Å². The van der Waals surface area contributed by atoms with Crippen molar-refractivity contribution in [2.75, 3.05) is 11.9 Å². The number of anilines is 1. The van der Waals surface area contributed by atoms with Crippen LogP contribution in [0.4, 0.5) is 5.69 Å². The van der Waals surface area contributed by atoms with Crippen molar-refractivity contribution >= 4 is 28.8 Å². The second-order valence-electron chi connectivity index (χ2n) is 6.19. The van der Waals surface area contributed by atoms with Crippen LogP contribution in [-0.2, 0) is 9.59 Å². The van der Waals surface area contributed by atoms with Crippen LogP contribution < -0.4 is 10.6 Å². The quantitative estimate of drug-likeness (QED) is 0.588. The van der Waals surface area contributed by atoms with E-state index in [-0.39, 0.29) is 6.54 Å². The first-order valence-electron chi connectivity index (χ1n) is 8.41. The fourth-order valence-electron chi connectivity index (χ4n) is 2.48. The summed E-state index contributed by atoms with van der Waals surface area (Å²) in [7, 11) is 0. The van der Waals surface area contributed by atoms with Crippen molar-refractivity contribution in [3.05, 3.63) is 64.0 Å². The monoisotopic (exact) mass is 384 g/mol. The highest BCUT2D eigenvalue weighted by Crippen LogP contribution is 2.29. The molecule has 0 aliphatic rings. The van der Waals surface area contributed by atoms with Crippen molar-refractivity contribution in [3.8, 4) is 11.3 Å². The minimum atomic E-state index is -0.905. The predicted octanol–water partition coefficient (Wildman–Crippen LogP) is 3.41. The van der Waals surface area contributed by atoms with Gasteiger partial charge in [0, 0.05) is 28.1 Å². The highest BCUT2D eigenvalue weighted by Gasteiger charge is 2.18. The van der Waals surface area contributed by atoms with Gasteiger partial charge in [0.15, 0.2) is 0 Å². The number of amides is 2. The van der Waals surface area contributed by atoms with Gasteiger partial charge in [-0.3, -0.25) is 9.59 Å². The van der Waals surface area contributed by atoms with E-state index in [0.717, 1.165) is 16.7 Å². The predicted molar refractivity (Wildman–Crippen MR) is 105 cm³/mol. The summed E-state index contributed by atoms with van der Waals surface area (Å²) in [5, 5.41) is 17.1. The number of hydrogen-bond acceptors (Lipinski definition) is 5. The van der Waals surface area contributed by atoms with E-state index >= 15 is 0 Å². The highest BCUT2D eigenvalue weighted by molar-refractivity contribution is 7.10. The Morgan fingerprint density at radius 3 is 2.67 bits per heavy atom. The average molecular weight is 384 g/mol. The van der Waals surface area contributed by atoms with E-state index in [9.17, 15) is 14.7 Å². The molecule has 0 aliphatic carbocycles. The molecule has 1 aromatic carbocycles. The molecule has 1 unspecified atom stereocenters. The lowest BCUT2D eigenvalue weighted by molar-refractivity contribution is -0.136. The van der Waals surface area contributed by atoms with Gasteiger partial charge in [-0.25, -0.2) is 0 Å². The number of rotatable bonds is 5. The zero-order valence-corrected chi connectivity index (χ0v) is 15.8. The normalized spacial score (nSPS) is 11.8. The number of carbonyl (C=O) groups is 2. The molecule has 1 atom stereocenters. The largest absolute Gasteiger partial charge is 0.464 e. The summed E-state index contributed by atoms with van der Waals surface area (Å²) < 4.78 is 5.32. The number of carbonyl (C=O) groups excluding carboxylic acids is 2. The Labute approximate surface area is 160 Å². The number of aryl methyl sites for hydroxylation is 2. The number of thiophene rings is 1. The number of benzene rings is 1. The molecular formula is C20H20N2O4S. The Morgan fingerprint density at radius 2 is 1.96 bits per heavy atom. The van der Waals surface area contributed by atoms with Crippen LogP contribution in [0, 0.1) is 13.8 Å². The Bertz CT molecular complexity index is 947. The van der Waals surface area contributed by atoms with Crippen molar-refractivity contribution in [2.45, 2.75) is 20.0 Å². The third-order valence-electron chi connectivity index (χ3n) is 4.18. The molecule has 2 aromatic heterocycles. The second-order valence-corrected chi connectivity index (χ2v) is 7.14. The van der Waals surface area contributed by atoms with Crippen molar-refractivity contribution in [1.82, 2.24) is 5.32 Å². The van der Waals surface area contributed by atoms with E-state index in [2.05, 4.69) is 10.6 Å². The van der Waals surface area contributed by atoms with E-state index < -0.39 is 17.9 Å². The summed E-state index contributed by atoms with van der Waals surface area (Å²) in [6, 6.07) is 10.8. The minimum Gasteiger partial charge on any atom is -0.464 e. The van der Waals surface area contributed by atoms with E-state index in [1.807, 2.05) is 31.4 Å². The molecule has 0 bridgehead atoms. The van der Waals surface area contributed by atoms with Crippen LogP contribution in [0.15, 0.2) is 52.5 Å². The number of furan rings is 1. The summed E-state index contributed by atoms with van der Waals surface area (Å²) in [5.41, 5.74) is 3.54. The Hall–Kier alpha value is -2.90. The van der Waals surface area contributed by atoms with Crippen LogP contribution in [0.5, 0.6) is 0 Å². The number of hydrogen-bond donors (Lipinski definition) is 3. The van der Waals surface area contributed by atoms with Crippen LogP contribution in [0.1, 0.15) is 22.1 Å². The molecule has 0 aliphatic heterocycles. The molecule has 3 aromatic rings. The summed E-state index contributed by atoms with van der Waals surface area (Å²) >= 11 is 1.36. The molecule has 0 fully saturated rings. The molecule has 0 saturated heterocycles. The maximum absolute atomic E-state index is 12.0. The first-order valence-corrected chi connectivity index (χ1v) is 9.29. The first kappa shape index (κ1) is 18.9. The zero-order valence-electron chi connectivity index (χ0n) is 15.0. The fourth-order valence-corrected chi connectivity index (χ4v) is 3.36. The van der Waals surface area contributed by atoms with Crippen LogP contribution in [0.25, 0.3) is 11.3 Å². The summed E-state index contributed by atoms with van der Waals surface area (Å²) in [4.78, 5) is 24.7. The highest BCUT2D eigenvalue weighted by atomic mass is 32.1. The van der Waals surface area contributed by atoms with Gasteiger partial charge in [0.1, 0.15) is 11.9 Å². The summed E-state index contributed by atoms with van der Waals surface area (Å²) in [6.45, 7) is 3.84. The third-order valence-corrected chi connectivity index (χ3v) is 5.21. The van der Waals surface area contributed by atoms with Gasteiger partial charge in [-0.15, -0.1) is 11.3 Å². The molecule has 3 rings (SSSR count). The fraction of sp³-hybridized carbons (Fsp3) is 0.200. The van der Waals surface area contributed by atoms with Crippen LogP contribution in [0.2, 0.25) is 0 Å². The lowest BCUT2D eigenvalue weighted by Crippen LogP contribution is -2.37. The minimum absolute atomic E-state index is 0.0582. The smallest absolute Gasteiger partial charge is 0.313 e. The third kappa shape index (κ3) is 4.64. The van der Waals surface area contributed by atoms with Crippen molar-refractivity contribution in [2.24, 2.45) is 0 Å². The number of aliphatic hydroxyl groups is 1. The van der Waals surface area contributed by atoms with Gasteiger partial charge in [0.2, 0.25) is 0 Å². The van der Waals surface area contributed by atoms with Crippen molar-refractivity contribution in [3.63, 3.8) is 0 Å². The lowest BCUT2D eigenvalue weighted by Gasteiger charge is -2.11. The summed E-state index contributed by atoms with van der Waals surface area (Å²) in [5.74, 6) is -0.857. The van der Waals surface area contributed by atoms with Gasteiger partial charge in [-0.1, -0.05) is 6.07 Å². The van der Waals surface area contributed by atoms with E-state index in [0.29, 0.717) is 16.3 Å². The SMILES string of the molecule is Cc1ccc(NC(=O)C(=O)NCC(O)c2cc(-c3ccco3)cs2)cc1C. The molecule has 6 nitrogen and oxygen atoms in total. The molecule has 27 heavy (non-hydrogen) atoms. The second kappa shape index (κ2) is 8.20. The standard InChI is InChI=1S/C20H20N2O4S/c1-12-5-6-15(8-13(12)2)22-20(25)19(24)21-10-16(23)18-9-14(11-27-18)17-4-3-7-26-17/h3-9,11,16,23H,10H2,1-2H3,(H,21,24)(H,22,25). The van der Waals surface area contributed by atoms with Crippen LogP contribution >= 0.6 is 11.3 Å². The van der Waals surface area contributed by atoms with Gasteiger partial charge >= 0.3 is 11.8 Å². The van der Waals surface area contributed by atoms with Gasteiger partial charge in [-0.2, -0.15) is 0 Å². The molecule has 0 radical (unpaired) electrons. The van der Waals surface area contributed by atoms with Crippen LogP contribution in [-0.4, -0.2) is 23.5 Å². The molecule has 2 amide bonds. The Balaban J connectivity index is 1.53. The molecule has 140 valence electrons. The molecule has 7 heteroatoms. The lowest BCUT2D eigenvalue weighted by atomic mass is 10.1. The molecule has 2 heterocycles. The maximum Gasteiger partial charge on any atom is 0.313 e. The van der Waals surface area contributed by atoms with Crippen molar-refractivity contribution < 1.29 is 19.1 Å². The first-order chi connectivity index (χ1) is 12.9. The number of nitrogens with one attached hydrogen (secondary N) is 2. The molecule has 0 spiro atoms. The zero-order chi connectivity index (χ0) is 19.4. The molecular weight excluding hydrogens is 364 g/mol. The van der Waals surface area contributed by atoms with E-state index in [4.69, 9.17) is 4.42 Å². The Morgan fingerprint density at radius 1 is 1.15 bits per heavy atom. The molecule has 0 saturated carbocycles. The summed E-state index contributed by atoms with van der Waals surface area (Å²) in [6.07, 6.45) is 0.675. The van der Waals surface area contributed by atoms with Crippen molar-refractivity contribution in [1.29, 1.82) is 0 Å². The van der Waals surface area contributed by atoms with Gasteiger partial charge < -0.3 is 20.2 Å². The van der Waals surface area contributed by atoms with Gasteiger partial charge in [-0.05, 0) is 55.3 Å². The van der Waals surface area contributed by atoms with Crippen LogP contribution in [0.3, 0.4) is 0 Å². The Kier molecular flexibility index (Phi) is 5.73. The van der Waals surface area contributed by atoms with Gasteiger partial charge in [0.25, 0.3) is 0 Å². The van der Waals surface area contributed by atoms with E-state index in [1.165, 1.54) is 11.3 Å². The maximum atomic E-state index is 12.0. The van der Waals surface area contributed by atoms with Gasteiger partial charge in [0.05, 0.1) is 6.26 Å². The molecule has 3 N–H and O–H groups in total. The number of aliphatic hydroxyl groups excluding tert-OH is 1.